The number of likely N-dealkylation sites (N-methyl/N-ethyl adjacent to an activating group) is 1. The summed E-state index contributed by atoms with van der Waals surface area (Å²) < 4.78 is 0. The molecule has 0 aromatic carbocycles. The van der Waals surface area contributed by atoms with Gasteiger partial charge in [-0.3, -0.25) is 0 Å². The smallest absolute Gasteiger partial charge is 0.0695 e. The summed E-state index contributed by atoms with van der Waals surface area (Å²) in [4.78, 5) is 2.46. The highest BCUT2D eigenvalue weighted by molar-refractivity contribution is 4.89. The molecule has 0 aromatic rings. The van der Waals surface area contributed by atoms with Crippen molar-refractivity contribution >= 4 is 0 Å². The molecule has 2 N–H and O–H groups in total. The van der Waals surface area contributed by atoms with Crippen molar-refractivity contribution in [3.63, 3.8) is 0 Å². The normalized spacial score (nSPS) is 38.1. The van der Waals surface area contributed by atoms with Crippen LogP contribution in [-0.2, 0) is 0 Å². The number of nitrogens with one attached hydrogen (secondary N) is 1. The van der Waals surface area contributed by atoms with Gasteiger partial charge in [-0.25, -0.2) is 0 Å². The summed E-state index contributed by atoms with van der Waals surface area (Å²) in [6.45, 7) is 5.88. The summed E-state index contributed by atoms with van der Waals surface area (Å²) in [5.41, 5.74) is 0. The molecule has 2 saturated carbocycles. The second kappa shape index (κ2) is 7.94. The fraction of sp³-hybridized carbons (Fsp3) is 1.00. The van der Waals surface area contributed by atoms with Crippen LogP contribution in [0, 0.1) is 17.8 Å². The van der Waals surface area contributed by atoms with Gasteiger partial charge in [-0.15, -0.1) is 0 Å². The molecule has 0 radical (unpaired) electrons. The van der Waals surface area contributed by atoms with Crippen molar-refractivity contribution < 1.29 is 5.11 Å². The van der Waals surface area contributed by atoms with Gasteiger partial charge in [-0.2, -0.15) is 0 Å². The van der Waals surface area contributed by atoms with Crippen LogP contribution in [0.15, 0.2) is 0 Å². The van der Waals surface area contributed by atoms with E-state index in [1.807, 2.05) is 0 Å². The molecular weight excluding hydrogens is 260 g/mol. The molecule has 3 heteroatoms. The number of aliphatic hydroxyl groups excluding tert-OH is 1. The van der Waals surface area contributed by atoms with Crippen LogP contribution in [0.5, 0.6) is 0 Å². The van der Waals surface area contributed by atoms with Crippen molar-refractivity contribution in [1.82, 2.24) is 10.2 Å². The second-order valence-electron chi connectivity index (χ2n) is 7.83. The highest BCUT2D eigenvalue weighted by atomic mass is 16.3. The van der Waals surface area contributed by atoms with Crippen LogP contribution in [-0.4, -0.2) is 48.8 Å². The fourth-order valence-electron chi connectivity index (χ4n) is 4.60. The molecule has 2 aliphatic carbocycles. The summed E-state index contributed by atoms with van der Waals surface area (Å²) in [5.74, 6) is 2.41. The molecule has 2 aliphatic rings. The Morgan fingerprint density at radius 2 is 1.86 bits per heavy atom. The zero-order chi connectivity index (χ0) is 15.4. The standard InChI is InChI=1S/C18H36N2O/c1-13(2)14-9-10-16(19-3)15(11-14)12-20(4)17-7-5-6-8-18(17)21/h13-19,21H,5-12H2,1-4H3. The molecule has 2 fully saturated rings. The van der Waals surface area contributed by atoms with Crippen LogP contribution in [0.1, 0.15) is 58.8 Å². The molecule has 0 saturated heterocycles. The summed E-state index contributed by atoms with van der Waals surface area (Å²) in [7, 11) is 4.34. The molecule has 124 valence electrons. The number of rotatable bonds is 5. The van der Waals surface area contributed by atoms with Gasteiger partial charge in [-0.05, 0) is 64.0 Å². The first-order valence-electron chi connectivity index (χ1n) is 9.08. The molecule has 5 atom stereocenters. The quantitative estimate of drug-likeness (QED) is 0.819. The van der Waals surface area contributed by atoms with E-state index >= 15 is 0 Å². The minimum absolute atomic E-state index is 0.110. The van der Waals surface area contributed by atoms with Gasteiger partial charge < -0.3 is 15.3 Å². The zero-order valence-electron chi connectivity index (χ0n) is 14.5. The van der Waals surface area contributed by atoms with E-state index < -0.39 is 0 Å². The topological polar surface area (TPSA) is 35.5 Å². The minimum Gasteiger partial charge on any atom is -0.391 e. The Morgan fingerprint density at radius 3 is 2.48 bits per heavy atom. The molecule has 2 rings (SSSR count). The highest BCUT2D eigenvalue weighted by Gasteiger charge is 2.34. The SMILES string of the molecule is CNC1CCC(C(C)C)CC1CN(C)C1CCCCC1O. The van der Waals surface area contributed by atoms with Crippen LogP contribution in [0.4, 0.5) is 0 Å². The number of nitrogens with zero attached hydrogens (tertiary/aromatic N) is 1. The van der Waals surface area contributed by atoms with Crippen LogP contribution in [0.25, 0.3) is 0 Å². The Bertz CT molecular complexity index is 308. The lowest BCUT2D eigenvalue weighted by atomic mass is 9.73. The van der Waals surface area contributed by atoms with Crippen LogP contribution in [0.3, 0.4) is 0 Å². The lowest BCUT2D eigenvalue weighted by Crippen LogP contribution is -2.50. The maximum atomic E-state index is 10.3. The molecule has 0 heterocycles. The van der Waals surface area contributed by atoms with Crippen molar-refractivity contribution in [1.29, 1.82) is 0 Å². The molecule has 5 unspecified atom stereocenters. The fourth-order valence-corrected chi connectivity index (χ4v) is 4.60. The van der Waals surface area contributed by atoms with Gasteiger partial charge in [0.2, 0.25) is 0 Å². The Balaban J connectivity index is 1.93. The van der Waals surface area contributed by atoms with Gasteiger partial charge in [0.1, 0.15) is 0 Å². The molecule has 0 aliphatic heterocycles. The van der Waals surface area contributed by atoms with Crippen LogP contribution >= 0.6 is 0 Å². The summed E-state index contributed by atoms with van der Waals surface area (Å²) >= 11 is 0. The zero-order valence-corrected chi connectivity index (χ0v) is 14.5. The van der Waals surface area contributed by atoms with E-state index in [0.29, 0.717) is 12.1 Å². The maximum absolute atomic E-state index is 10.3. The third kappa shape index (κ3) is 4.43. The van der Waals surface area contributed by atoms with E-state index in [4.69, 9.17) is 0 Å². The lowest BCUT2D eigenvalue weighted by molar-refractivity contribution is 0.0160. The van der Waals surface area contributed by atoms with E-state index in [2.05, 4.69) is 38.2 Å². The third-order valence-corrected chi connectivity index (χ3v) is 6.12. The Morgan fingerprint density at radius 1 is 1.14 bits per heavy atom. The number of aliphatic hydroxyl groups is 1. The molecule has 3 nitrogen and oxygen atoms in total. The molecule has 0 bridgehead atoms. The Hall–Kier alpha value is -0.120. The molecular formula is C18H36N2O. The lowest BCUT2D eigenvalue weighted by Gasteiger charge is -2.42. The number of hydrogen-bond acceptors (Lipinski definition) is 3. The summed E-state index contributed by atoms with van der Waals surface area (Å²) in [5, 5.41) is 13.8. The molecule has 21 heavy (non-hydrogen) atoms. The third-order valence-electron chi connectivity index (χ3n) is 6.12. The van der Waals surface area contributed by atoms with Crippen molar-refractivity contribution in [3.05, 3.63) is 0 Å². The van der Waals surface area contributed by atoms with Gasteiger partial charge in [0, 0.05) is 18.6 Å². The average Bonchev–Trinajstić information content (AvgIpc) is 2.47. The van der Waals surface area contributed by atoms with Crippen molar-refractivity contribution in [2.24, 2.45) is 17.8 Å². The van der Waals surface area contributed by atoms with E-state index in [9.17, 15) is 5.11 Å². The number of hydrogen-bond donors (Lipinski definition) is 2. The van der Waals surface area contributed by atoms with Crippen LogP contribution in [0.2, 0.25) is 0 Å². The Kier molecular flexibility index (Phi) is 6.51. The van der Waals surface area contributed by atoms with Gasteiger partial charge in [0.15, 0.2) is 0 Å². The predicted molar refractivity (Wildman–Crippen MR) is 89.4 cm³/mol. The average molecular weight is 296 g/mol. The summed E-state index contributed by atoms with van der Waals surface area (Å²) in [6.07, 6.45) is 8.55. The first kappa shape index (κ1) is 17.2. The Labute approximate surface area is 131 Å². The van der Waals surface area contributed by atoms with Crippen molar-refractivity contribution in [2.75, 3.05) is 20.6 Å². The van der Waals surface area contributed by atoms with E-state index in [1.165, 1.54) is 38.5 Å². The first-order chi connectivity index (χ1) is 10.0. The highest BCUT2D eigenvalue weighted by Crippen LogP contribution is 2.35. The van der Waals surface area contributed by atoms with E-state index in [-0.39, 0.29) is 6.10 Å². The summed E-state index contributed by atoms with van der Waals surface area (Å²) in [6, 6.07) is 1.04. The maximum Gasteiger partial charge on any atom is 0.0695 e. The van der Waals surface area contributed by atoms with Crippen molar-refractivity contribution in [2.45, 2.75) is 77.0 Å². The van der Waals surface area contributed by atoms with Gasteiger partial charge in [0.25, 0.3) is 0 Å². The minimum atomic E-state index is -0.110. The predicted octanol–water partition coefficient (Wildman–Crippen LogP) is 2.88. The van der Waals surface area contributed by atoms with E-state index in [0.717, 1.165) is 30.7 Å². The van der Waals surface area contributed by atoms with Gasteiger partial charge >= 0.3 is 0 Å². The van der Waals surface area contributed by atoms with Gasteiger partial charge in [-0.1, -0.05) is 26.7 Å². The first-order valence-corrected chi connectivity index (χ1v) is 9.08. The molecule has 0 aromatic heterocycles. The van der Waals surface area contributed by atoms with Crippen molar-refractivity contribution in [3.8, 4) is 0 Å². The van der Waals surface area contributed by atoms with Crippen LogP contribution < -0.4 is 5.32 Å². The monoisotopic (exact) mass is 296 g/mol. The van der Waals surface area contributed by atoms with Gasteiger partial charge in [0.05, 0.1) is 6.10 Å². The molecule has 0 spiro atoms. The molecule has 0 amide bonds. The van der Waals surface area contributed by atoms with E-state index in [1.54, 1.807) is 0 Å². The second-order valence-corrected chi connectivity index (χ2v) is 7.83. The largest absolute Gasteiger partial charge is 0.391 e.